The van der Waals surface area contributed by atoms with Gasteiger partial charge in [0, 0.05) is 13.5 Å². The average molecular weight is 192 g/mol. The molecule has 2 aromatic heterocycles. The molecule has 5 nitrogen and oxygen atoms in total. The second-order valence-electron chi connectivity index (χ2n) is 3.24. The topological polar surface area (TPSA) is 52.2 Å². The maximum absolute atomic E-state index is 11.4. The SMILES string of the molecule is CCCc1ncc2c(=O)ncn(C)n12. The third-order valence-corrected chi connectivity index (χ3v) is 2.16. The van der Waals surface area contributed by atoms with Gasteiger partial charge in [-0.25, -0.2) is 9.50 Å². The number of aryl methyl sites for hydroxylation is 2. The van der Waals surface area contributed by atoms with Crippen molar-refractivity contribution >= 4 is 5.52 Å². The number of aromatic nitrogens is 4. The van der Waals surface area contributed by atoms with E-state index in [1.807, 2.05) is 7.05 Å². The summed E-state index contributed by atoms with van der Waals surface area (Å²) in [5.74, 6) is 0.907. The Bertz CT molecular complexity index is 511. The van der Waals surface area contributed by atoms with Crippen molar-refractivity contribution in [1.82, 2.24) is 19.2 Å². The van der Waals surface area contributed by atoms with Crippen LogP contribution in [0.1, 0.15) is 19.2 Å². The van der Waals surface area contributed by atoms with Gasteiger partial charge in [0.05, 0.1) is 6.20 Å². The maximum Gasteiger partial charge on any atom is 0.298 e. The predicted octanol–water partition coefficient (Wildman–Crippen LogP) is 0.381. The Morgan fingerprint density at radius 1 is 1.43 bits per heavy atom. The van der Waals surface area contributed by atoms with Crippen LogP contribution in [0.2, 0.25) is 0 Å². The van der Waals surface area contributed by atoms with Crippen LogP contribution in [-0.4, -0.2) is 19.2 Å². The van der Waals surface area contributed by atoms with E-state index in [1.165, 1.54) is 6.33 Å². The number of hydrogen-bond donors (Lipinski definition) is 0. The van der Waals surface area contributed by atoms with Crippen LogP contribution < -0.4 is 5.56 Å². The monoisotopic (exact) mass is 192 g/mol. The molecule has 0 aliphatic carbocycles. The zero-order valence-corrected chi connectivity index (χ0v) is 8.27. The molecule has 0 N–H and O–H groups in total. The summed E-state index contributed by atoms with van der Waals surface area (Å²) in [4.78, 5) is 19.3. The predicted molar refractivity (Wildman–Crippen MR) is 52.2 cm³/mol. The maximum atomic E-state index is 11.4. The lowest BCUT2D eigenvalue weighted by Crippen LogP contribution is -2.17. The lowest BCUT2D eigenvalue weighted by molar-refractivity contribution is 0.621. The molecule has 0 aliphatic rings. The smallest absolute Gasteiger partial charge is 0.271 e. The highest BCUT2D eigenvalue weighted by molar-refractivity contribution is 5.41. The number of imidazole rings is 1. The fourth-order valence-corrected chi connectivity index (χ4v) is 1.53. The first-order valence-corrected chi connectivity index (χ1v) is 4.62. The summed E-state index contributed by atoms with van der Waals surface area (Å²) < 4.78 is 3.58. The average Bonchev–Trinajstić information content (AvgIpc) is 2.58. The molecule has 0 saturated carbocycles. The third kappa shape index (κ3) is 1.21. The van der Waals surface area contributed by atoms with Crippen molar-refractivity contribution in [3.8, 4) is 0 Å². The van der Waals surface area contributed by atoms with Gasteiger partial charge in [-0.05, 0) is 6.42 Å². The first-order chi connectivity index (χ1) is 6.74. The molecule has 0 amide bonds. The van der Waals surface area contributed by atoms with Crippen molar-refractivity contribution in [3.05, 3.63) is 28.7 Å². The molecule has 0 aromatic carbocycles. The van der Waals surface area contributed by atoms with Crippen molar-refractivity contribution < 1.29 is 0 Å². The molecule has 2 heterocycles. The van der Waals surface area contributed by atoms with E-state index >= 15 is 0 Å². The van der Waals surface area contributed by atoms with Crippen LogP contribution in [0, 0.1) is 0 Å². The molecule has 14 heavy (non-hydrogen) atoms. The fourth-order valence-electron chi connectivity index (χ4n) is 1.53. The minimum Gasteiger partial charge on any atom is -0.271 e. The zero-order valence-electron chi connectivity index (χ0n) is 8.27. The molecule has 0 spiro atoms. The van der Waals surface area contributed by atoms with Crippen molar-refractivity contribution in [2.24, 2.45) is 7.05 Å². The van der Waals surface area contributed by atoms with E-state index in [9.17, 15) is 4.79 Å². The molecule has 0 unspecified atom stereocenters. The van der Waals surface area contributed by atoms with Gasteiger partial charge in [-0.2, -0.15) is 4.98 Å². The Labute approximate surface area is 81.0 Å². The Hall–Kier alpha value is -1.65. The molecule has 2 aromatic rings. The lowest BCUT2D eigenvalue weighted by Gasteiger charge is -2.04. The van der Waals surface area contributed by atoms with Gasteiger partial charge in [-0.15, -0.1) is 0 Å². The van der Waals surface area contributed by atoms with Crippen molar-refractivity contribution in [2.75, 3.05) is 0 Å². The van der Waals surface area contributed by atoms with Crippen molar-refractivity contribution in [2.45, 2.75) is 19.8 Å². The molecule has 2 rings (SSSR count). The number of rotatable bonds is 2. The van der Waals surface area contributed by atoms with Crippen LogP contribution in [0.5, 0.6) is 0 Å². The first kappa shape index (κ1) is 8.93. The number of hydrogen-bond acceptors (Lipinski definition) is 3. The van der Waals surface area contributed by atoms with Crippen LogP contribution in [0.3, 0.4) is 0 Å². The van der Waals surface area contributed by atoms with Gasteiger partial charge in [-0.1, -0.05) is 6.92 Å². The van der Waals surface area contributed by atoms with E-state index in [0.717, 1.165) is 18.7 Å². The Balaban J connectivity index is 2.77. The normalized spacial score (nSPS) is 11.0. The highest BCUT2D eigenvalue weighted by Gasteiger charge is 2.07. The molecule has 0 atom stereocenters. The third-order valence-electron chi connectivity index (χ3n) is 2.16. The number of fused-ring (bicyclic) bond motifs is 1. The van der Waals surface area contributed by atoms with Crippen LogP contribution in [0.15, 0.2) is 17.3 Å². The summed E-state index contributed by atoms with van der Waals surface area (Å²) >= 11 is 0. The Kier molecular flexibility index (Phi) is 2.07. The van der Waals surface area contributed by atoms with Crippen molar-refractivity contribution in [3.63, 3.8) is 0 Å². The van der Waals surface area contributed by atoms with Gasteiger partial charge in [0.1, 0.15) is 12.2 Å². The Morgan fingerprint density at radius 3 is 2.93 bits per heavy atom. The summed E-state index contributed by atoms with van der Waals surface area (Å²) in [5.41, 5.74) is 0.316. The lowest BCUT2D eigenvalue weighted by atomic mass is 10.3. The first-order valence-electron chi connectivity index (χ1n) is 4.62. The summed E-state index contributed by atoms with van der Waals surface area (Å²) in [6, 6.07) is 0. The largest absolute Gasteiger partial charge is 0.298 e. The van der Waals surface area contributed by atoms with Crippen LogP contribution in [0.4, 0.5) is 0 Å². The molecule has 0 aliphatic heterocycles. The minimum atomic E-state index is -0.224. The van der Waals surface area contributed by atoms with Gasteiger partial charge in [0.25, 0.3) is 5.56 Å². The van der Waals surface area contributed by atoms with Crippen LogP contribution in [0.25, 0.3) is 5.52 Å². The molecular weight excluding hydrogens is 180 g/mol. The summed E-state index contributed by atoms with van der Waals surface area (Å²) in [6.45, 7) is 2.08. The van der Waals surface area contributed by atoms with Gasteiger partial charge in [-0.3, -0.25) is 9.48 Å². The highest BCUT2D eigenvalue weighted by atomic mass is 16.1. The summed E-state index contributed by atoms with van der Waals surface area (Å²) in [7, 11) is 1.85. The van der Waals surface area contributed by atoms with E-state index in [2.05, 4.69) is 16.9 Å². The molecular formula is C9H12N4O. The van der Waals surface area contributed by atoms with Crippen LogP contribution >= 0.6 is 0 Å². The van der Waals surface area contributed by atoms with E-state index in [-0.39, 0.29) is 5.56 Å². The fraction of sp³-hybridized carbons (Fsp3) is 0.444. The molecule has 0 bridgehead atoms. The molecule has 0 fully saturated rings. The summed E-state index contributed by atoms with van der Waals surface area (Å²) in [5, 5.41) is 0. The Morgan fingerprint density at radius 2 is 2.21 bits per heavy atom. The zero-order chi connectivity index (χ0) is 10.1. The van der Waals surface area contributed by atoms with Gasteiger partial charge >= 0.3 is 0 Å². The minimum absolute atomic E-state index is 0.224. The second kappa shape index (κ2) is 3.25. The van der Waals surface area contributed by atoms with Gasteiger partial charge < -0.3 is 0 Å². The van der Waals surface area contributed by atoms with Crippen LogP contribution in [-0.2, 0) is 13.5 Å². The van der Waals surface area contributed by atoms with Gasteiger partial charge in [0.15, 0.2) is 5.52 Å². The van der Waals surface area contributed by atoms with E-state index in [1.54, 1.807) is 15.4 Å². The number of nitrogens with zero attached hydrogens (tertiary/aromatic N) is 4. The quantitative estimate of drug-likeness (QED) is 0.691. The highest BCUT2D eigenvalue weighted by Crippen LogP contribution is 2.02. The molecule has 5 heteroatoms. The van der Waals surface area contributed by atoms with Crippen molar-refractivity contribution in [1.29, 1.82) is 0 Å². The van der Waals surface area contributed by atoms with E-state index < -0.39 is 0 Å². The molecule has 0 radical (unpaired) electrons. The standard InChI is InChI=1S/C9H12N4O/c1-3-4-8-10-5-7-9(14)11-6-12(2)13(7)8/h5-6H,3-4H2,1-2H3. The van der Waals surface area contributed by atoms with E-state index in [0.29, 0.717) is 5.52 Å². The second-order valence-corrected chi connectivity index (χ2v) is 3.24. The van der Waals surface area contributed by atoms with E-state index in [4.69, 9.17) is 0 Å². The molecule has 0 saturated heterocycles. The molecule has 74 valence electrons. The van der Waals surface area contributed by atoms with Gasteiger partial charge in [0.2, 0.25) is 0 Å². The summed E-state index contributed by atoms with van der Waals surface area (Å²) in [6.07, 6.45) is 4.97.